The molecule has 0 spiro atoms. The van der Waals surface area contributed by atoms with E-state index in [2.05, 4.69) is 19.9 Å². The Morgan fingerprint density at radius 3 is 2.38 bits per heavy atom. The number of aryl methyl sites for hydroxylation is 1. The Labute approximate surface area is 99.6 Å². The zero-order valence-electron chi connectivity index (χ0n) is 9.58. The first-order chi connectivity index (χ1) is 7.84. The fraction of sp³-hybridized carbons (Fsp3) is 0.273. The largest absolute Gasteiger partial charge is 0.260 e. The van der Waals surface area contributed by atoms with Crippen molar-refractivity contribution in [1.82, 2.24) is 19.9 Å². The van der Waals surface area contributed by atoms with Crippen molar-refractivity contribution in [2.24, 2.45) is 0 Å². The summed E-state index contributed by atoms with van der Waals surface area (Å²) in [6.45, 7) is 5.91. The number of hydrogen-bond donors (Lipinski definition) is 0. The lowest BCUT2D eigenvalue weighted by Crippen LogP contribution is -1.88. The second-order valence-corrected chi connectivity index (χ2v) is 3.62. The second kappa shape index (κ2) is 6.90. The smallest absolute Gasteiger partial charge is 0.193 e. The van der Waals surface area contributed by atoms with Gasteiger partial charge in [0.2, 0.25) is 0 Å². The summed E-state index contributed by atoms with van der Waals surface area (Å²) in [6.07, 6.45) is 6.83. The summed E-state index contributed by atoms with van der Waals surface area (Å²) in [4.78, 5) is 16.5. The van der Waals surface area contributed by atoms with Gasteiger partial charge >= 0.3 is 0 Å². The zero-order valence-corrected chi connectivity index (χ0v) is 10.4. The molecule has 0 saturated carbocycles. The van der Waals surface area contributed by atoms with Gasteiger partial charge in [-0.2, -0.15) is 0 Å². The average Bonchev–Trinajstić information content (AvgIpc) is 2.33. The third-order valence-electron chi connectivity index (χ3n) is 1.47. The standard InChI is InChI=1S/C9H8N4S.C2H6/c1-7-5-10-6-8(13-7)14-9-11-3-2-4-12-9;1-2/h2-6H,1H3;1-2H3. The molecule has 0 aromatic carbocycles. The van der Waals surface area contributed by atoms with E-state index in [9.17, 15) is 0 Å². The first-order valence-electron chi connectivity index (χ1n) is 5.08. The maximum absolute atomic E-state index is 4.29. The maximum Gasteiger partial charge on any atom is 0.193 e. The molecule has 0 N–H and O–H groups in total. The quantitative estimate of drug-likeness (QED) is 0.748. The van der Waals surface area contributed by atoms with Crippen LogP contribution in [0.15, 0.2) is 41.0 Å². The normalized spacial score (nSPS) is 9.19. The van der Waals surface area contributed by atoms with Crippen LogP contribution in [0.25, 0.3) is 0 Å². The predicted octanol–water partition coefficient (Wildman–Crippen LogP) is 2.75. The monoisotopic (exact) mass is 234 g/mol. The van der Waals surface area contributed by atoms with Crippen LogP contribution in [0.1, 0.15) is 19.5 Å². The van der Waals surface area contributed by atoms with Crippen LogP contribution in [-0.2, 0) is 0 Å². The lowest BCUT2D eigenvalue weighted by molar-refractivity contribution is 0.946. The van der Waals surface area contributed by atoms with Crippen molar-refractivity contribution in [3.05, 3.63) is 36.5 Å². The van der Waals surface area contributed by atoms with Crippen LogP contribution in [0.5, 0.6) is 0 Å². The van der Waals surface area contributed by atoms with Crippen molar-refractivity contribution in [2.45, 2.75) is 31.0 Å². The Bertz CT molecular complexity index is 419. The van der Waals surface area contributed by atoms with E-state index in [0.29, 0.717) is 5.16 Å². The van der Waals surface area contributed by atoms with Gasteiger partial charge in [-0.25, -0.2) is 15.0 Å². The Morgan fingerprint density at radius 2 is 1.75 bits per heavy atom. The summed E-state index contributed by atoms with van der Waals surface area (Å²) < 4.78 is 0. The molecule has 0 amide bonds. The van der Waals surface area contributed by atoms with Crippen LogP contribution in [0.2, 0.25) is 0 Å². The van der Waals surface area contributed by atoms with Gasteiger partial charge in [-0.3, -0.25) is 4.98 Å². The third kappa shape index (κ3) is 3.94. The van der Waals surface area contributed by atoms with Crippen LogP contribution in [0, 0.1) is 6.92 Å². The van der Waals surface area contributed by atoms with Crippen LogP contribution in [-0.4, -0.2) is 19.9 Å². The Morgan fingerprint density at radius 1 is 1.06 bits per heavy atom. The predicted molar refractivity (Wildman–Crippen MR) is 64.3 cm³/mol. The minimum absolute atomic E-state index is 0.687. The molecule has 0 radical (unpaired) electrons. The Hall–Kier alpha value is -1.49. The Kier molecular flexibility index (Phi) is 5.42. The van der Waals surface area contributed by atoms with Crippen molar-refractivity contribution >= 4 is 11.8 Å². The van der Waals surface area contributed by atoms with E-state index in [0.717, 1.165) is 10.7 Å². The molecule has 4 nitrogen and oxygen atoms in total. The molecule has 0 bridgehead atoms. The number of rotatable bonds is 2. The number of aromatic nitrogens is 4. The van der Waals surface area contributed by atoms with E-state index in [4.69, 9.17) is 0 Å². The van der Waals surface area contributed by atoms with E-state index in [-0.39, 0.29) is 0 Å². The molecule has 0 aliphatic carbocycles. The molecule has 0 fully saturated rings. The highest BCUT2D eigenvalue weighted by atomic mass is 32.2. The van der Waals surface area contributed by atoms with Gasteiger partial charge in [0.1, 0.15) is 5.03 Å². The molecule has 0 saturated heterocycles. The van der Waals surface area contributed by atoms with Crippen LogP contribution in [0.4, 0.5) is 0 Å². The van der Waals surface area contributed by atoms with Gasteiger partial charge in [0, 0.05) is 18.6 Å². The second-order valence-electron chi connectivity index (χ2n) is 2.63. The molecule has 0 unspecified atom stereocenters. The Balaban J connectivity index is 0.000000606. The highest BCUT2D eigenvalue weighted by molar-refractivity contribution is 7.99. The van der Waals surface area contributed by atoms with E-state index in [1.54, 1.807) is 30.9 Å². The molecule has 5 heteroatoms. The molecule has 0 atom stereocenters. The average molecular weight is 234 g/mol. The maximum atomic E-state index is 4.29. The van der Waals surface area contributed by atoms with Gasteiger partial charge in [-0.15, -0.1) is 0 Å². The van der Waals surface area contributed by atoms with Crippen LogP contribution >= 0.6 is 11.8 Å². The molecule has 2 rings (SSSR count). The first-order valence-corrected chi connectivity index (χ1v) is 5.90. The van der Waals surface area contributed by atoms with Crippen molar-refractivity contribution in [2.75, 3.05) is 0 Å². The molecule has 2 aromatic heterocycles. The minimum atomic E-state index is 0.687. The van der Waals surface area contributed by atoms with Gasteiger partial charge in [0.25, 0.3) is 0 Å². The lowest BCUT2D eigenvalue weighted by Gasteiger charge is -1.98. The fourth-order valence-corrected chi connectivity index (χ4v) is 1.64. The van der Waals surface area contributed by atoms with Crippen molar-refractivity contribution < 1.29 is 0 Å². The summed E-state index contributed by atoms with van der Waals surface area (Å²) in [5, 5.41) is 1.50. The third-order valence-corrected chi connectivity index (χ3v) is 2.27. The highest BCUT2D eigenvalue weighted by Crippen LogP contribution is 2.20. The van der Waals surface area contributed by atoms with Crippen molar-refractivity contribution in [3.63, 3.8) is 0 Å². The van der Waals surface area contributed by atoms with Gasteiger partial charge < -0.3 is 0 Å². The van der Waals surface area contributed by atoms with Crippen LogP contribution < -0.4 is 0 Å². The summed E-state index contributed by atoms with van der Waals surface area (Å²) >= 11 is 1.41. The van der Waals surface area contributed by atoms with Gasteiger partial charge in [-0.05, 0) is 24.8 Å². The van der Waals surface area contributed by atoms with Gasteiger partial charge in [0.05, 0.1) is 11.9 Å². The van der Waals surface area contributed by atoms with E-state index < -0.39 is 0 Å². The zero-order chi connectivity index (χ0) is 11.8. The van der Waals surface area contributed by atoms with Crippen molar-refractivity contribution in [3.8, 4) is 0 Å². The van der Waals surface area contributed by atoms with Crippen molar-refractivity contribution in [1.29, 1.82) is 0 Å². The lowest BCUT2D eigenvalue weighted by atomic mass is 10.5. The molecule has 84 valence electrons. The van der Waals surface area contributed by atoms with E-state index in [1.807, 2.05) is 20.8 Å². The van der Waals surface area contributed by atoms with E-state index in [1.165, 1.54) is 11.8 Å². The van der Waals surface area contributed by atoms with Gasteiger partial charge in [0.15, 0.2) is 5.16 Å². The SMILES string of the molecule is CC.Cc1cncc(Sc2ncccn2)n1. The molecular weight excluding hydrogens is 220 g/mol. The number of hydrogen-bond acceptors (Lipinski definition) is 5. The number of nitrogens with zero attached hydrogens (tertiary/aromatic N) is 4. The summed E-state index contributed by atoms with van der Waals surface area (Å²) in [7, 11) is 0. The molecule has 16 heavy (non-hydrogen) atoms. The van der Waals surface area contributed by atoms with Crippen LogP contribution in [0.3, 0.4) is 0 Å². The summed E-state index contributed by atoms with van der Waals surface area (Å²) in [6, 6.07) is 1.78. The molecule has 0 aliphatic rings. The van der Waals surface area contributed by atoms with Gasteiger partial charge in [-0.1, -0.05) is 13.8 Å². The highest BCUT2D eigenvalue weighted by Gasteiger charge is 2.00. The molecular formula is C11H14N4S. The molecule has 2 heterocycles. The topological polar surface area (TPSA) is 51.6 Å². The first kappa shape index (κ1) is 12.6. The summed E-state index contributed by atoms with van der Waals surface area (Å²) in [5.74, 6) is 0. The fourth-order valence-electron chi connectivity index (χ4n) is 0.921. The summed E-state index contributed by atoms with van der Waals surface area (Å²) in [5.41, 5.74) is 0.894. The minimum Gasteiger partial charge on any atom is -0.260 e. The molecule has 2 aromatic rings. The van der Waals surface area contributed by atoms with E-state index >= 15 is 0 Å². The molecule has 0 aliphatic heterocycles.